The number of hydrogen-bond acceptors (Lipinski definition) is 5. The first-order valence-corrected chi connectivity index (χ1v) is 9.00. The molecule has 1 aliphatic rings. The van der Waals surface area contributed by atoms with E-state index in [1.54, 1.807) is 5.51 Å². The van der Waals surface area contributed by atoms with Gasteiger partial charge in [-0.25, -0.2) is 4.98 Å². The van der Waals surface area contributed by atoms with Crippen molar-refractivity contribution in [2.45, 2.75) is 46.1 Å². The van der Waals surface area contributed by atoms with Gasteiger partial charge in [-0.15, -0.1) is 11.3 Å². The third-order valence-electron chi connectivity index (χ3n) is 4.23. The first-order valence-electron chi connectivity index (χ1n) is 8.12. The summed E-state index contributed by atoms with van der Waals surface area (Å²) in [5, 5.41) is 9.32. The fourth-order valence-electron chi connectivity index (χ4n) is 2.93. The highest BCUT2D eigenvalue weighted by Gasteiger charge is 2.31. The van der Waals surface area contributed by atoms with Gasteiger partial charge in [0.1, 0.15) is 10.9 Å². The van der Waals surface area contributed by atoms with Gasteiger partial charge in [-0.1, -0.05) is 34.6 Å². The molecule has 1 fully saturated rings. The Morgan fingerprint density at radius 1 is 1.30 bits per heavy atom. The molecule has 1 unspecified atom stereocenters. The van der Waals surface area contributed by atoms with Gasteiger partial charge in [-0.05, 0) is 5.92 Å². The van der Waals surface area contributed by atoms with Gasteiger partial charge >= 0.3 is 0 Å². The Morgan fingerprint density at radius 3 is 2.39 bits per heavy atom. The Hall–Kier alpha value is -1.45. The molecule has 0 aliphatic carbocycles. The third kappa shape index (κ3) is 3.91. The van der Waals surface area contributed by atoms with Crippen LogP contribution in [0.5, 0.6) is 0 Å². The summed E-state index contributed by atoms with van der Waals surface area (Å²) in [6, 6.07) is 2.32. The van der Waals surface area contributed by atoms with E-state index in [4.69, 9.17) is 0 Å². The first kappa shape index (κ1) is 17.9. The molecule has 1 atom stereocenters. The van der Waals surface area contributed by atoms with Crippen molar-refractivity contribution in [3.63, 3.8) is 0 Å². The highest BCUT2D eigenvalue weighted by Crippen LogP contribution is 2.28. The lowest BCUT2D eigenvalue weighted by atomic mass is 9.91. The summed E-state index contributed by atoms with van der Waals surface area (Å²) in [6.45, 7) is 13.2. The minimum absolute atomic E-state index is 0.0687. The Labute approximate surface area is 142 Å². The van der Waals surface area contributed by atoms with Crippen molar-refractivity contribution in [2.24, 2.45) is 5.92 Å². The van der Waals surface area contributed by atoms with Crippen LogP contribution >= 0.6 is 11.3 Å². The van der Waals surface area contributed by atoms with Crippen LogP contribution in [0, 0.1) is 17.2 Å². The van der Waals surface area contributed by atoms with Gasteiger partial charge in [0.2, 0.25) is 0 Å². The zero-order valence-electron chi connectivity index (χ0n) is 14.7. The zero-order valence-corrected chi connectivity index (χ0v) is 15.5. The van der Waals surface area contributed by atoms with Crippen LogP contribution in [0.4, 0.5) is 0 Å². The Bertz CT molecular complexity index is 588. The van der Waals surface area contributed by atoms with E-state index in [1.807, 2.05) is 4.90 Å². The van der Waals surface area contributed by atoms with Gasteiger partial charge in [-0.2, -0.15) is 5.26 Å². The summed E-state index contributed by atoms with van der Waals surface area (Å²) in [7, 11) is 0. The minimum atomic E-state index is -0.129. The summed E-state index contributed by atoms with van der Waals surface area (Å²) in [6.07, 6.45) is 0. The normalized spacial score (nSPS) is 18.0. The monoisotopic (exact) mass is 334 g/mol. The fraction of sp³-hybridized carbons (Fsp3) is 0.706. The lowest BCUT2D eigenvalue weighted by Gasteiger charge is -2.38. The van der Waals surface area contributed by atoms with E-state index in [9.17, 15) is 10.1 Å². The molecule has 1 aromatic rings. The number of carbonyl (C=O) groups is 1. The molecule has 6 heteroatoms. The summed E-state index contributed by atoms with van der Waals surface area (Å²) in [5.41, 5.74) is 2.51. The number of amides is 1. The molecule has 0 aromatic carbocycles. The maximum absolute atomic E-state index is 12.8. The molecule has 1 amide bonds. The van der Waals surface area contributed by atoms with Crippen molar-refractivity contribution in [2.75, 3.05) is 26.2 Å². The van der Waals surface area contributed by atoms with Gasteiger partial charge in [0.05, 0.1) is 17.3 Å². The lowest BCUT2D eigenvalue weighted by Crippen LogP contribution is -2.52. The standard InChI is InChI=1S/C17H26N4OS/c1-12(2)13(10-18)20-6-8-21(9-7-20)16(22)14-15(17(3,4)5)19-11-23-14/h11-13H,6-9H2,1-5H3. The summed E-state index contributed by atoms with van der Waals surface area (Å²) < 4.78 is 0. The van der Waals surface area contributed by atoms with E-state index in [-0.39, 0.29) is 17.4 Å². The molecule has 0 N–H and O–H groups in total. The Morgan fingerprint density at radius 2 is 1.91 bits per heavy atom. The van der Waals surface area contributed by atoms with Gasteiger partial charge < -0.3 is 4.90 Å². The van der Waals surface area contributed by atoms with Crippen LogP contribution in [0.25, 0.3) is 0 Å². The predicted octanol–water partition coefficient (Wildman–Crippen LogP) is 2.75. The van der Waals surface area contributed by atoms with E-state index in [0.717, 1.165) is 23.7 Å². The number of thiazole rings is 1. The fourth-order valence-corrected chi connectivity index (χ4v) is 3.90. The van der Waals surface area contributed by atoms with E-state index in [1.165, 1.54) is 11.3 Å². The molecule has 126 valence electrons. The van der Waals surface area contributed by atoms with Crippen LogP contribution in [0.15, 0.2) is 5.51 Å². The average Bonchev–Trinajstić information content (AvgIpc) is 2.97. The van der Waals surface area contributed by atoms with Crippen LogP contribution in [0.2, 0.25) is 0 Å². The molecule has 2 heterocycles. The summed E-state index contributed by atoms with van der Waals surface area (Å²) in [5.74, 6) is 0.381. The molecule has 1 aliphatic heterocycles. The molecule has 1 aromatic heterocycles. The van der Waals surface area contributed by atoms with Gasteiger partial charge in [-0.3, -0.25) is 9.69 Å². The van der Waals surface area contributed by atoms with E-state index >= 15 is 0 Å². The molecule has 2 rings (SSSR count). The maximum Gasteiger partial charge on any atom is 0.265 e. The third-order valence-corrected chi connectivity index (χ3v) is 5.05. The molecule has 1 saturated heterocycles. The maximum atomic E-state index is 12.8. The Balaban J connectivity index is 2.05. The van der Waals surface area contributed by atoms with Crippen molar-refractivity contribution in [1.82, 2.24) is 14.8 Å². The number of nitriles is 1. The van der Waals surface area contributed by atoms with Crippen molar-refractivity contribution in [1.29, 1.82) is 5.26 Å². The number of hydrogen-bond donors (Lipinski definition) is 0. The van der Waals surface area contributed by atoms with E-state index in [0.29, 0.717) is 19.0 Å². The van der Waals surface area contributed by atoms with Gasteiger partial charge in [0.25, 0.3) is 5.91 Å². The highest BCUT2D eigenvalue weighted by molar-refractivity contribution is 7.11. The number of nitrogens with zero attached hydrogens (tertiary/aromatic N) is 4. The molecule has 23 heavy (non-hydrogen) atoms. The van der Waals surface area contributed by atoms with Crippen LogP contribution < -0.4 is 0 Å². The average molecular weight is 334 g/mol. The molecule has 0 spiro atoms. The number of piperazine rings is 1. The second-order valence-electron chi connectivity index (χ2n) is 7.43. The molecular formula is C17H26N4OS. The largest absolute Gasteiger partial charge is 0.335 e. The van der Waals surface area contributed by atoms with E-state index in [2.05, 4.69) is 50.6 Å². The van der Waals surface area contributed by atoms with E-state index < -0.39 is 0 Å². The van der Waals surface area contributed by atoms with Crippen molar-refractivity contribution >= 4 is 17.2 Å². The molecule has 5 nitrogen and oxygen atoms in total. The van der Waals surface area contributed by atoms with Gasteiger partial charge in [0, 0.05) is 31.6 Å². The second-order valence-corrected chi connectivity index (χ2v) is 8.28. The summed E-state index contributed by atoms with van der Waals surface area (Å²) in [4.78, 5) is 22.1. The topological polar surface area (TPSA) is 60.2 Å². The lowest BCUT2D eigenvalue weighted by molar-refractivity contribution is 0.0579. The van der Waals surface area contributed by atoms with Crippen LogP contribution in [0.1, 0.15) is 50.0 Å². The predicted molar refractivity (Wildman–Crippen MR) is 92.5 cm³/mol. The van der Waals surface area contributed by atoms with Crippen LogP contribution in [0.3, 0.4) is 0 Å². The summed E-state index contributed by atoms with van der Waals surface area (Å²) >= 11 is 1.43. The smallest absolute Gasteiger partial charge is 0.265 e. The Kier molecular flexibility index (Phi) is 5.43. The zero-order chi connectivity index (χ0) is 17.2. The van der Waals surface area contributed by atoms with Gasteiger partial charge in [0.15, 0.2) is 0 Å². The number of aromatic nitrogens is 1. The number of carbonyl (C=O) groups excluding carboxylic acids is 1. The highest BCUT2D eigenvalue weighted by atomic mass is 32.1. The number of rotatable bonds is 3. The van der Waals surface area contributed by atoms with Crippen molar-refractivity contribution < 1.29 is 4.79 Å². The minimum Gasteiger partial charge on any atom is -0.335 e. The van der Waals surface area contributed by atoms with Crippen LogP contribution in [-0.2, 0) is 5.41 Å². The molecule has 0 radical (unpaired) electrons. The van der Waals surface area contributed by atoms with Crippen LogP contribution in [-0.4, -0.2) is 52.9 Å². The SMILES string of the molecule is CC(C)C(C#N)N1CCN(C(=O)c2scnc2C(C)(C)C)CC1. The molecular weight excluding hydrogens is 308 g/mol. The first-order chi connectivity index (χ1) is 10.8. The molecule has 0 bridgehead atoms. The quantitative estimate of drug-likeness (QED) is 0.853. The second kappa shape index (κ2) is 6.98. The van der Waals surface area contributed by atoms with Crippen molar-refractivity contribution in [3.05, 3.63) is 16.1 Å². The van der Waals surface area contributed by atoms with Crippen molar-refractivity contribution in [3.8, 4) is 6.07 Å². The molecule has 0 saturated carbocycles.